The van der Waals surface area contributed by atoms with Crippen molar-refractivity contribution in [2.75, 3.05) is 45.4 Å². The van der Waals surface area contributed by atoms with Gasteiger partial charge in [0.2, 0.25) is 0 Å². The summed E-state index contributed by atoms with van der Waals surface area (Å²) in [5, 5.41) is 0. The van der Waals surface area contributed by atoms with Gasteiger partial charge in [-0.1, -0.05) is 13.8 Å². The number of halogens is 1. The van der Waals surface area contributed by atoms with E-state index in [0.717, 1.165) is 45.2 Å². The highest BCUT2D eigenvalue weighted by atomic mass is 35.5. The normalized spacial score (nSPS) is 12.0. The van der Waals surface area contributed by atoms with Crippen molar-refractivity contribution in [3.63, 3.8) is 0 Å². The van der Waals surface area contributed by atoms with Crippen LogP contribution in [-0.4, -0.2) is 56.3 Å². The highest BCUT2D eigenvalue weighted by molar-refractivity contribution is 6.17. The highest BCUT2D eigenvalue weighted by Gasteiger charge is 2.08. The average Bonchev–Trinajstić information content (AvgIpc) is 2.30. The quantitative estimate of drug-likeness (QED) is 0.405. The molecule has 110 valence electrons. The van der Waals surface area contributed by atoms with Gasteiger partial charge < -0.3 is 9.47 Å². The Labute approximate surface area is 118 Å². The van der Waals surface area contributed by atoms with Gasteiger partial charge in [0.25, 0.3) is 0 Å². The Hall–Kier alpha value is 0.170. The van der Waals surface area contributed by atoms with E-state index in [1.54, 1.807) is 0 Å². The summed E-state index contributed by atoms with van der Waals surface area (Å²) in [7, 11) is 0. The smallest absolute Gasteiger partial charge is 0.0602 e. The fourth-order valence-electron chi connectivity index (χ4n) is 1.57. The minimum atomic E-state index is 0.526. The van der Waals surface area contributed by atoms with E-state index in [0.29, 0.717) is 18.5 Å². The molecule has 4 heteroatoms. The molecule has 0 aromatic rings. The lowest BCUT2D eigenvalue weighted by atomic mass is 10.1. The molecule has 18 heavy (non-hydrogen) atoms. The number of hydrogen-bond acceptors (Lipinski definition) is 3. The van der Waals surface area contributed by atoms with E-state index in [2.05, 4.69) is 32.6 Å². The van der Waals surface area contributed by atoms with Gasteiger partial charge in [0.05, 0.1) is 19.8 Å². The van der Waals surface area contributed by atoms with Crippen molar-refractivity contribution < 1.29 is 9.47 Å². The summed E-state index contributed by atoms with van der Waals surface area (Å²) in [6.45, 7) is 13.8. The number of nitrogens with zero attached hydrogens (tertiary/aromatic N) is 1. The zero-order chi connectivity index (χ0) is 13.8. The molecule has 0 rings (SSSR count). The summed E-state index contributed by atoms with van der Waals surface area (Å²) in [6, 6.07) is 0.526. The van der Waals surface area contributed by atoms with Gasteiger partial charge >= 0.3 is 0 Å². The Bertz CT molecular complexity index is 177. The monoisotopic (exact) mass is 279 g/mol. The number of ether oxygens (including phenoxy) is 2. The summed E-state index contributed by atoms with van der Waals surface area (Å²) in [6.07, 6.45) is 1.14. The molecule has 0 spiro atoms. The summed E-state index contributed by atoms with van der Waals surface area (Å²) in [4.78, 5) is 2.38. The van der Waals surface area contributed by atoms with Crippen LogP contribution >= 0.6 is 11.6 Å². The molecule has 0 N–H and O–H groups in total. The number of hydrogen-bond donors (Lipinski definition) is 0. The predicted molar refractivity (Wildman–Crippen MR) is 78.5 cm³/mol. The van der Waals surface area contributed by atoms with Crippen LogP contribution in [0.3, 0.4) is 0 Å². The first-order chi connectivity index (χ1) is 8.57. The minimum absolute atomic E-state index is 0.526. The summed E-state index contributed by atoms with van der Waals surface area (Å²) < 4.78 is 11.1. The lowest BCUT2D eigenvalue weighted by Crippen LogP contribution is -2.36. The van der Waals surface area contributed by atoms with Crippen molar-refractivity contribution in [1.82, 2.24) is 4.90 Å². The van der Waals surface area contributed by atoms with Gasteiger partial charge in [-0.15, -0.1) is 11.6 Å². The van der Waals surface area contributed by atoms with E-state index in [1.165, 1.54) is 0 Å². The number of alkyl halides is 1. The molecule has 0 aliphatic rings. The van der Waals surface area contributed by atoms with Gasteiger partial charge in [0.1, 0.15) is 0 Å². The van der Waals surface area contributed by atoms with Crippen LogP contribution in [0.2, 0.25) is 0 Å². The van der Waals surface area contributed by atoms with Crippen molar-refractivity contribution in [3.05, 3.63) is 0 Å². The van der Waals surface area contributed by atoms with Crippen molar-refractivity contribution >= 4 is 11.6 Å². The van der Waals surface area contributed by atoms with Crippen molar-refractivity contribution in [2.24, 2.45) is 5.92 Å². The standard InChI is InChI=1S/C14H30ClNO2/c1-13(2)5-9-17-11-7-16(14(3)4)8-12-18-10-6-15/h13-14H,5-12H2,1-4H3. The molecule has 0 aromatic carbocycles. The van der Waals surface area contributed by atoms with Crippen LogP contribution in [0.15, 0.2) is 0 Å². The molecule has 3 nitrogen and oxygen atoms in total. The molecule has 0 radical (unpaired) electrons. The van der Waals surface area contributed by atoms with Crippen molar-refractivity contribution in [1.29, 1.82) is 0 Å². The first-order valence-corrected chi connectivity index (χ1v) is 7.56. The largest absolute Gasteiger partial charge is 0.380 e. The van der Waals surface area contributed by atoms with Crippen LogP contribution < -0.4 is 0 Å². The van der Waals surface area contributed by atoms with Crippen LogP contribution in [0.25, 0.3) is 0 Å². The molecule has 0 unspecified atom stereocenters. The molecular weight excluding hydrogens is 250 g/mol. The Morgan fingerprint density at radius 2 is 1.44 bits per heavy atom. The molecule has 0 aromatic heterocycles. The Morgan fingerprint density at radius 1 is 0.889 bits per heavy atom. The molecule has 0 heterocycles. The molecule has 0 atom stereocenters. The van der Waals surface area contributed by atoms with E-state index in [1.807, 2.05) is 0 Å². The molecule has 0 fully saturated rings. The molecule has 0 saturated heterocycles. The fourth-order valence-corrected chi connectivity index (χ4v) is 1.68. The topological polar surface area (TPSA) is 21.7 Å². The van der Waals surface area contributed by atoms with Gasteiger partial charge in [-0.05, 0) is 26.2 Å². The van der Waals surface area contributed by atoms with E-state index < -0.39 is 0 Å². The molecule has 0 saturated carbocycles. The second-order valence-electron chi connectivity index (χ2n) is 5.23. The maximum Gasteiger partial charge on any atom is 0.0602 e. The van der Waals surface area contributed by atoms with Crippen LogP contribution in [0.4, 0.5) is 0 Å². The van der Waals surface area contributed by atoms with E-state index in [9.17, 15) is 0 Å². The van der Waals surface area contributed by atoms with Gasteiger partial charge in [0, 0.05) is 31.6 Å². The van der Waals surface area contributed by atoms with Crippen LogP contribution in [-0.2, 0) is 9.47 Å². The lowest BCUT2D eigenvalue weighted by Gasteiger charge is -2.26. The fraction of sp³-hybridized carbons (Fsp3) is 1.00. The van der Waals surface area contributed by atoms with Gasteiger partial charge in [-0.3, -0.25) is 4.90 Å². The first kappa shape index (κ1) is 18.2. The highest BCUT2D eigenvalue weighted by Crippen LogP contribution is 2.01. The second-order valence-corrected chi connectivity index (χ2v) is 5.60. The lowest BCUT2D eigenvalue weighted by molar-refractivity contribution is 0.0631. The first-order valence-electron chi connectivity index (χ1n) is 7.03. The summed E-state index contributed by atoms with van der Waals surface area (Å²) in [5.41, 5.74) is 0. The SMILES string of the molecule is CC(C)CCOCCN(CCOCCCl)C(C)C. The maximum atomic E-state index is 5.65. The predicted octanol–water partition coefficient (Wildman–Crippen LogP) is 3.01. The third kappa shape index (κ3) is 11.3. The molecular formula is C14H30ClNO2. The maximum absolute atomic E-state index is 5.65. The van der Waals surface area contributed by atoms with Crippen molar-refractivity contribution in [2.45, 2.75) is 40.2 Å². The van der Waals surface area contributed by atoms with E-state index >= 15 is 0 Å². The van der Waals surface area contributed by atoms with Gasteiger partial charge in [-0.25, -0.2) is 0 Å². The van der Waals surface area contributed by atoms with Gasteiger partial charge in [0.15, 0.2) is 0 Å². The minimum Gasteiger partial charge on any atom is -0.380 e. The summed E-state index contributed by atoms with van der Waals surface area (Å²) in [5.74, 6) is 1.29. The third-order valence-corrected chi connectivity index (χ3v) is 2.99. The Morgan fingerprint density at radius 3 is 1.89 bits per heavy atom. The summed E-state index contributed by atoms with van der Waals surface area (Å²) >= 11 is 5.56. The zero-order valence-electron chi connectivity index (χ0n) is 12.5. The van der Waals surface area contributed by atoms with Crippen LogP contribution in [0.5, 0.6) is 0 Å². The molecule has 0 aliphatic heterocycles. The zero-order valence-corrected chi connectivity index (χ0v) is 13.2. The second kappa shape index (κ2) is 12.2. The van der Waals surface area contributed by atoms with E-state index in [-0.39, 0.29) is 0 Å². The Balaban J connectivity index is 3.57. The Kier molecular flexibility index (Phi) is 12.3. The van der Waals surface area contributed by atoms with Gasteiger partial charge in [-0.2, -0.15) is 0 Å². The van der Waals surface area contributed by atoms with E-state index in [4.69, 9.17) is 21.1 Å². The number of rotatable bonds is 12. The third-order valence-electron chi connectivity index (χ3n) is 2.84. The van der Waals surface area contributed by atoms with Crippen LogP contribution in [0, 0.1) is 5.92 Å². The molecule has 0 amide bonds. The molecule has 0 aliphatic carbocycles. The van der Waals surface area contributed by atoms with Crippen molar-refractivity contribution in [3.8, 4) is 0 Å². The average molecular weight is 280 g/mol. The molecule has 0 bridgehead atoms. The van der Waals surface area contributed by atoms with Crippen LogP contribution in [0.1, 0.15) is 34.1 Å².